The molecule has 100 valence electrons. The molecule has 1 aromatic carbocycles. The summed E-state index contributed by atoms with van der Waals surface area (Å²) in [6, 6.07) is 5.94. The summed E-state index contributed by atoms with van der Waals surface area (Å²) in [5, 5.41) is 3.35. The highest BCUT2D eigenvalue weighted by Gasteiger charge is 2.24. The van der Waals surface area contributed by atoms with Gasteiger partial charge >= 0.3 is 0 Å². The van der Waals surface area contributed by atoms with Gasteiger partial charge in [-0.15, -0.1) is 0 Å². The lowest BCUT2D eigenvalue weighted by Crippen LogP contribution is -2.35. The number of rotatable bonds is 4. The Kier molecular flexibility index (Phi) is 4.19. The SMILES string of the molecule is COc1ccc(C(C)N(C)C2CCNC2)cc1F. The van der Waals surface area contributed by atoms with Crippen molar-refractivity contribution in [1.82, 2.24) is 10.2 Å². The van der Waals surface area contributed by atoms with Crippen molar-refractivity contribution in [1.29, 1.82) is 0 Å². The third-order valence-corrected chi connectivity index (χ3v) is 3.88. The van der Waals surface area contributed by atoms with Gasteiger partial charge in [0.1, 0.15) is 0 Å². The van der Waals surface area contributed by atoms with Crippen molar-refractivity contribution in [3.63, 3.8) is 0 Å². The standard InChI is InChI=1S/C14H21FN2O/c1-10(17(2)12-6-7-16-9-12)11-4-5-14(18-3)13(15)8-11/h4-5,8,10,12,16H,6-7,9H2,1-3H3. The Morgan fingerprint density at radius 1 is 1.50 bits per heavy atom. The number of ether oxygens (including phenoxy) is 1. The van der Waals surface area contributed by atoms with Gasteiger partial charge in [0.15, 0.2) is 11.6 Å². The molecular weight excluding hydrogens is 231 g/mol. The molecule has 0 aliphatic carbocycles. The fraction of sp³-hybridized carbons (Fsp3) is 0.571. The molecule has 2 rings (SSSR count). The minimum atomic E-state index is -0.292. The number of likely N-dealkylation sites (N-methyl/N-ethyl adjacent to an activating group) is 1. The highest BCUT2D eigenvalue weighted by molar-refractivity contribution is 5.30. The van der Waals surface area contributed by atoms with Crippen LogP contribution in [0.25, 0.3) is 0 Å². The molecule has 0 radical (unpaired) electrons. The first-order valence-electron chi connectivity index (χ1n) is 6.39. The molecule has 1 fully saturated rings. The summed E-state index contributed by atoms with van der Waals surface area (Å²) in [6.07, 6.45) is 1.15. The van der Waals surface area contributed by atoms with Gasteiger partial charge < -0.3 is 10.1 Å². The van der Waals surface area contributed by atoms with E-state index in [4.69, 9.17) is 4.74 Å². The molecule has 1 aliphatic heterocycles. The predicted octanol–water partition coefficient (Wildman–Crippen LogP) is 2.19. The van der Waals surface area contributed by atoms with Crippen LogP contribution in [0.5, 0.6) is 5.75 Å². The quantitative estimate of drug-likeness (QED) is 0.889. The number of hydrogen-bond donors (Lipinski definition) is 1. The second-order valence-corrected chi connectivity index (χ2v) is 4.88. The van der Waals surface area contributed by atoms with Gasteiger partial charge in [0, 0.05) is 18.6 Å². The lowest BCUT2D eigenvalue weighted by molar-refractivity contribution is 0.196. The largest absolute Gasteiger partial charge is 0.494 e. The molecular formula is C14H21FN2O. The lowest BCUT2D eigenvalue weighted by atomic mass is 10.0. The fourth-order valence-corrected chi connectivity index (χ4v) is 2.48. The van der Waals surface area contributed by atoms with E-state index in [1.165, 1.54) is 7.11 Å². The van der Waals surface area contributed by atoms with Gasteiger partial charge in [-0.3, -0.25) is 4.90 Å². The van der Waals surface area contributed by atoms with Gasteiger partial charge in [-0.1, -0.05) is 6.07 Å². The Labute approximate surface area is 108 Å². The normalized spacial score (nSPS) is 21.3. The van der Waals surface area contributed by atoms with Gasteiger partial charge in [0.2, 0.25) is 0 Å². The Morgan fingerprint density at radius 3 is 2.83 bits per heavy atom. The zero-order chi connectivity index (χ0) is 13.1. The Bertz CT molecular complexity index is 405. The molecule has 0 amide bonds. The van der Waals surface area contributed by atoms with Crippen molar-refractivity contribution >= 4 is 0 Å². The number of nitrogens with zero attached hydrogens (tertiary/aromatic N) is 1. The number of benzene rings is 1. The Hall–Kier alpha value is -1.13. The molecule has 2 unspecified atom stereocenters. The first-order chi connectivity index (χ1) is 8.63. The maximum atomic E-state index is 13.7. The first kappa shape index (κ1) is 13.3. The van der Waals surface area contributed by atoms with E-state index in [9.17, 15) is 4.39 Å². The minimum Gasteiger partial charge on any atom is -0.494 e. The van der Waals surface area contributed by atoms with Crippen molar-refractivity contribution in [3.05, 3.63) is 29.6 Å². The second-order valence-electron chi connectivity index (χ2n) is 4.88. The number of methoxy groups -OCH3 is 1. The summed E-state index contributed by atoms with van der Waals surface area (Å²) in [5.41, 5.74) is 0.989. The minimum absolute atomic E-state index is 0.204. The third kappa shape index (κ3) is 2.65. The van der Waals surface area contributed by atoms with E-state index in [0.717, 1.165) is 25.1 Å². The zero-order valence-corrected chi connectivity index (χ0v) is 11.2. The van der Waals surface area contributed by atoms with Crippen LogP contribution in [-0.4, -0.2) is 38.2 Å². The molecule has 18 heavy (non-hydrogen) atoms. The van der Waals surface area contributed by atoms with Gasteiger partial charge in [-0.25, -0.2) is 4.39 Å². The zero-order valence-electron chi connectivity index (χ0n) is 11.2. The summed E-state index contributed by atoms with van der Waals surface area (Å²) in [5.74, 6) is 0.0101. The number of hydrogen-bond acceptors (Lipinski definition) is 3. The van der Waals surface area contributed by atoms with Gasteiger partial charge in [0.05, 0.1) is 7.11 Å². The van der Waals surface area contributed by atoms with Crippen molar-refractivity contribution < 1.29 is 9.13 Å². The fourth-order valence-electron chi connectivity index (χ4n) is 2.48. The summed E-state index contributed by atoms with van der Waals surface area (Å²) in [6.45, 7) is 4.19. The van der Waals surface area contributed by atoms with Crippen molar-refractivity contribution in [3.8, 4) is 5.75 Å². The van der Waals surface area contributed by atoms with Gasteiger partial charge in [0.25, 0.3) is 0 Å². The smallest absolute Gasteiger partial charge is 0.165 e. The van der Waals surface area contributed by atoms with E-state index in [0.29, 0.717) is 11.8 Å². The molecule has 3 nitrogen and oxygen atoms in total. The maximum Gasteiger partial charge on any atom is 0.165 e. The summed E-state index contributed by atoms with van der Waals surface area (Å²) in [4.78, 5) is 2.31. The van der Waals surface area contributed by atoms with Crippen LogP contribution >= 0.6 is 0 Å². The van der Waals surface area contributed by atoms with Crippen LogP contribution in [0.2, 0.25) is 0 Å². The van der Waals surface area contributed by atoms with Crippen LogP contribution in [0.3, 0.4) is 0 Å². The van der Waals surface area contributed by atoms with Gasteiger partial charge in [-0.05, 0) is 44.6 Å². The maximum absolute atomic E-state index is 13.7. The topological polar surface area (TPSA) is 24.5 Å². The monoisotopic (exact) mass is 252 g/mol. The van der Waals surface area contributed by atoms with Gasteiger partial charge in [-0.2, -0.15) is 0 Å². The van der Waals surface area contributed by atoms with E-state index >= 15 is 0 Å². The lowest BCUT2D eigenvalue weighted by Gasteiger charge is -2.30. The molecule has 1 heterocycles. The van der Waals surface area contributed by atoms with E-state index in [1.54, 1.807) is 12.1 Å². The third-order valence-electron chi connectivity index (χ3n) is 3.88. The molecule has 0 aromatic heterocycles. The number of nitrogens with one attached hydrogen (secondary N) is 1. The Balaban J connectivity index is 2.12. The summed E-state index contributed by atoms with van der Waals surface area (Å²) >= 11 is 0. The molecule has 1 saturated heterocycles. The molecule has 1 N–H and O–H groups in total. The van der Waals surface area contributed by atoms with E-state index in [2.05, 4.69) is 24.2 Å². The van der Waals surface area contributed by atoms with Crippen LogP contribution in [-0.2, 0) is 0 Å². The average Bonchev–Trinajstić information content (AvgIpc) is 2.90. The molecule has 2 atom stereocenters. The van der Waals surface area contributed by atoms with E-state index < -0.39 is 0 Å². The van der Waals surface area contributed by atoms with Crippen molar-refractivity contribution in [2.45, 2.75) is 25.4 Å². The molecule has 0 bridgehead atoms. The van der Waals surface area contributed by atoms with Crippen LogP contribution in [0.1, 0.15) is 24.9 Å². The van der Waals surface area contributed by atoms with Crippen LogP contribution in [0.4, 0.5) is 4.39 Å². The summed E-state index contributed by atoms with van der Waals surface area (Å²) in [7, 11) is 3.59. The van der Waals surface area contributed by atoms with Crippen LogP contribution < -0.4 is 10.1 Å². The summed E-state index contributed by atoms with van der Waals surface area (Å²) < 4.78 is 18.6. The van der Waals surface area contributed by atoms with Crippen LogP contribution in [0, 0.1) is 5.82 Å². The van der Waals surface area contributed by atoms with E-state index in [-0.39, 0.29) is 11.9 Å². The molecule has 1 aliphatic rings. The highest BCUT2D eigenvalue weighted by Crippen LogP contribution is 2.26. The second kappa shape index (κ2) is 5.67. The molecule has 0 saturated carbocycles. The van der Waals surface area contributed by atoms with Crippen molar-refractivity contribution in [2.24, 2.45) is 0 Å². The Morgan fingerprint density at radius 2 is 2.28 bits per heavy atom. The van der Waals surface area contributed by atoms with Crippen LogP contribution in [0.15, 0.2) is 18.2 Å². The predicted molar refractivity (Wildman–Crippen MR) is 70.4 cm³/mol. The van der Waals surface area contributed by atoms with E-state index in [1.807, 2.05) is 6.07 Å². The first-order valence-corrected chi connectivity index (χ1v) is 6.39. The number of halogens is 1. The average molecular weight is 252 g/mol. The highest BCUT2D eigenvalue weighted by atomic mass is 19.1. The molecule has 0 spiro atoms. The molecule has 4 heteroatoms. The van der Waals surface area contributed by atoms with Crippen molar-refractivity contribution in [2.75, 3.05) is 27.2 Å². The molecule has 1 aromatic rings.